The van der Waals surface area contributed by atoms with Crippen molar-refractivity contribution in [2.75, 3.05) is 7.05 Å². The van der Waals surface area contributed by atoms with Gasteiger partial charge in [-0.15, -0.1) is 11.3 Å². The number of halogens is 1. The molecule has 0 aliphatic carbocycles. The van der Waals surface area contributed by atoms with E-state index in [0.717, 1.165) is 9.35 Å². The number of para-hydroxylation sites is 1. The number of benzene rings is 1. The van der Waals surface area contributed by atoms with Crippen LogP contribution in [0.5, 0.6) is 0 Å². The van der Waals surface area contributed by atoms with Gasteiger partial charge in [-0.3, -0.25) is 14.9 Å². The summed E-state index contributed by atoms with van der Waals surface area (Å²) in [6.45, 7) is 0.418. The smallest absolute Gasteiger partial charge is 0.282 e. The first-order valence-electron chi connectivity index (χ1n) is 5.71. The van der Waals surface area contributed by atoms with Crippen molar-refractivity contribution in [1.29, 1.82) is 0 Å². The van der Waals surface area contributed by atoms with Gasteiger partial charge in [0.2, 0.25) is 0 Å². The monoisotopic (exact) mass is 354 g/mol. The third-order valence-electron chi connectivity index (χ3n) is 2.69. The van der Waals surface area contributed by atoms with Gasteiger partial charge in [0.05, 0.1) is 11.5 Å². The Kier molecular flexibility index (Phi) is 4.51. The summed E-state index contributed by atoms with van der Waals surface area (Å²) in [5.74, 6) is -0.359. The molecule has 7 heteroatoms. The number of nitro benzene ring substituents is 1. The maximum Gasteiger partial charge on any atom is 0.282 e. The van der Waals surface area contributed by atoms with Gasteiger partial charge in [0.1, 0.15) is 5.56 Å². The summed E-state index contributed by atoms with van der Waals surface area (Å²) in [5.41, 5.74) is -0.0627. The summed E-state index contributed by atoms with van der Waals surface area (Å²) in [6, 6.07) is 7.90. The number of carbonyl (C=O) groups excluding carboxylic acids is 1. The SMILES string of the molecule is CN(Cc1cc(Br)cs1)C(=O)c1ccccc1[N+](=O)[O-]. The van der Waals surface area contributed by atoms with Gasteiger partial charge in [-0.25, -0.2) is 0 Å². The number of hydrogen-bond donors (Lipinski definition) is 0. The molecule has 0 spiro atoms. The minimum absolute atomic E-state index is 0.107. The summed E-state index contributed by atoms with van der Waals surface area (Å²) in [7, 11) is 1.63. The second-order valence-electron chi connectivity index (χ2n) is 4.17. The number of nitro groups is 1. The first kappa shape index (κ1) is 14.7. The quantitative estimate of drug-likeness (QED) is 0.621. The van der Waals surface area contributed by atoms with Crippen LogP contribution in [0.4, 0.5) is 5.69 Å². The fourth-order valence-corrected chi connectivity index (χ4v) is 3.27. The topological polar surface area (TPSA) is 63.5 Å². The molecule has 2 aromatic rings. The van der Waals surface area contributed by atoms with Gasteiger partial charge in [0, 0.05) is 27.8 Å². The van der Waals surface area contributed by atoms with Crippen molar-refractivity contribution >= 4 is 38.9 Å². The lowest BCUT2D eigenvalue weighted by molar-refractivity contribution is -0.385. The van der Waals surface area contributed by atoms with E-state index in [1.807, 2.05) is 11.4 Å². The summed E-state index contributed by atoms with van der Waals surface area (Å²) in [5, 5.41) is 12.9. The molecule has 0 bridgehead atoms. The van der Waals surface area contributed by atoms with Gasteiger partial charge in [-0.1, -0.05) is 12.1 Å². The lowest BCUT2D eigenvalue weighted by Crippen LogP contribution is -2.26. The van der Waals surface area contributed by atoms with Gasteiger partial charge in [0.25, 0.3) is 11.6 Å². The molecule has 0 radical (unpaired) electrons. The van der Waals surface area contributed by atoms with Crippen molar-refractivity contribution in [3.8, 4) is 0 Å². The molecule has 20 heavy (non-hydrogen) atoms. The number of rotatable bonds is 4. The zero-order valence-corrected chi connectivity index (χ0v) is 13.0. The Balaban J connectivity index is 2.20. The van der Waals surface area contributed by atoms with Crippen LogP contribution in [0.2, 0.25) is 0 Å². The van der Waals surface area contributed by atoms with Crippen LogP contribution in [0.1, 0.15) is 15.2 Å². The highest BCUT2D eigenvalue weighted by atomic mass is 79.9. The molecule has 0 unspecified atom stereocenters. The first-order valence-corrected chi connectivity index (χ1v) is 7.38. The third-order valence-corrected chi connectivity index (χ3v) is 4.37. The zero-order valence-electron chi connectivity index (χ0n) is 10.6. The molecule has 1 amide bonds. The van der Waals surface area contributed by atoms with E-state index in [0.29, 0.717) is 6.54 Å². The summed E-state index contributed by atoms with van der Waals surface area (Å²) in [4.78, 5) is 25.2. The van der Waals surface area contributed by atoms with Crippen LogP contribution >= 0.6 is 27.3 Å². The van der Waals surface area contributed by atoms with Gasteiger partial charge >= 0.3 is 0 Å². The van der Waals surface area contributed by atoms with Crippen LogP contribution in [-0.2, 0) is 6.54 Å². The van der Waals surface area contributed by atoms with Crippen molar-refractivity contribution in [1.82, 2.24) is 4.90 Å². The Labute approximate surface area is 128 Å². The van der Waals surface area contributed by atoms with Gasteiger partial charge in [0.15, 0.2) is 0 Å². The molecule has 1 aromatic heterocycles. The van der Waals surface area contributed by atoms with Crippen molar-refractivity contribution < 1.29 is 9.72 Å². The van der Waals surface area contributed by atoms with Crippen LogP contribution in [0.25, 0.3) is 0 Å². The lowest BCUT2D eigenvalue weighted by Gasteiger charge is -2.16. The fourth-order valence-electron chi connectivity index (χ4n) is 1.76. The molecule has 0 atom stereocenters. The molecule has 104 valence electrons. The van der Waals surface area contributed by atoms with Gasteiger partial charge < -0.3 is 4.90 Å². The Bertz CT molecular complexity index is 657. The summed E-state index contributed by atoms with van der Waals surface area (Å²) >= 11 is 4.88. The highest BCUT2D eigenvalue weighted by molar-refractivity contribution is 9.10. The summed E-state index contributed by atoms with van der Waals surface area (Å²) in [6.07, 6.45) is 0. The highest BCUT2D eigenvalue weighted by Gasteiger charge is 2.22. The molecular weight excluding hydrogens is 344 g/mol. The van der Waals surface area contributed by atoms with Crippen molar-refractivity contribution in [3.05, 3.63) is 60.7 Å². The zero-order chi connectivity index (χ0) is 14.7. The summed E-state index contributed by atoms with van der Waals surface area (Å²) < 4.78 is 0.962. The third kappa shape index (κ3) is 3.23. The molecule has 0 saturated heterocycles. The van der Waals surface area contributed by atoms with Gasteiger partial charge in [-0.05, 0) is 28.1 Å². The molecular formula is C13H11BrN2O3S. The Morgan fingerprint density at radius 3 is 2.75 bits per heavy atom. The van der Waals surface area contributed by atoms with Crippen molar-refractivity contribution in [2.24, 2.45) is 0 Å². The molecule has 1 heterocycles. The van der Waals surface area contributed by atoms with Crippen LogP contribution in [-0.4, -0.2) is 22.8 Å². The predicted octanol–water partition coefficient (Wildman–Crippen LogP) is 3.69. The molecule has 0 aliphatic heterocycles. The van der Waals surface area contributed by atoms with E-state index in [9.17, 15) is 14.9 Å². The van der Waals surface area contributed by atoms with E-state index in [1.54, 1.807) is 19.2 Å². The van der Waals surface area contributed by atoms with E-state index in [1.165, 1.54) is 28.4 Å². The van der Waals surface area contributed by atoms with E-state index in [2.05, 4.69) is 15.9 Å². The van der Waals surface area contributed by atoms with Crippen LogP contribution in [0, 0.1) is 10.1 Å². The minimum atomic E-state index is -0.539. The average molecular weight is 355 g/mol. The molecule has 0 aliphatic rings. The fraction of sp³-hybridized carbons (Fsp3) is 0.154. The largest absolute Gasteiger partial charge is 0.336 e. The molecule has 5 nitrogen and oxygen atoms in total. The average Bonchev–Trinajstić information content (AvgIpc) is 2.83. The van der Waals surface area contributed by atoms with Crippen molar-refractivity contribution in [2.45, 2.75) is 6.54 Å². The van der Waals surface area contributed by atoms with E-state index < -0.39 is 4.92 Å². The maximum atomic E-state index is 12.3. The van der Waals surface area contributed by atoms with Crippen molar-refractivity contribution in [3.63, 3.8) is 0 Å². The van der Waals surface area contributed by atoms with Crippen LogP contribution in [0.3, 0.4) is 0 Å². The number of nitrogens with zero attached hydrogens (tertiary/aromatic N) is 2. The lowest BCUT2D eigenvalue weighted by atomic mass is 10.1. The van der Waals surface area contributed by atoms with Crippen LogP contribution in [0.15, 0.2) is 40.2 Å². The van der Waals surface area contributed by atoms with Gasteiger partial charge in [-0.2, -0.15) is 0 Å². The molecule has 0 N–H and O–H groups in total. The number of amides is 1. The normalized spacial score (nSPS) is 10.3. The number of hydrogen-bond acceptors (Lipinski definition) is 4. The molecule has 0 saturated carbocycles. The standard InChI is InChI=1S/C13H11BrN2O3S/c1-15(7-10-6-9(14)8-20-10)13(17)11-4-2-3-5-12(11)16(18)19/h2-6,8H,7H2,1H3. The maximum absolute atomic E-state index is 12.3. The predicted molar refractivity (Wildman–Crippen MR) is 80.9 cm³/mol. The molecule has 2 rings (SSSR count). The number of thiophene rings is 1. The Morgan fingerprint density at radius 2 is 2.15 bits per heavy atom. The van der Waals surface area contributed by atoms with E-state index >= 15 is 0 Å². The minimum Gasteiger partial charge on any atom is -0.336 e. The second-order valence-corrected chi connectivity index (χ2v) is 6.08. The van der Waals surface area contributed by atoms with E-state index in [4.69, 9.17) is 0 Å². The van der Waals surface area contributed by atoms with Crippen LogP contribution < -0.4 is 0 Å². The number of carbonyl (C=O) groups is 1. The first-order chi connectivity index (χ1) is 9.49. The Morgan fingerprint density at radius 1 is 1.45 bits per heavy atom. The molecule has 1 aromatic carbocycles. The highest BCUT2D eigenvalue weighted by Crippen LogP contribution is 2.23. The van der Waals surface area contributed by atoms with E-state index in [-0.39, 0.29) is 17.2 Å². The molecule has 0 fully saturated rings. The Hall–Kier alpha value is -1.73. The second kappa shape index (κ2) is 6.15.